The van der Waals surface area contributed by atoms with E-state index in [1.54, 1.807) is 7.11 Å². The Kier molecular flexibility index (Phi) is 5.45. The molecule has 2 atom stereocenters. The van der Waals surface area contributed by atoms with Crippen molar-refractivity contribution in [1.82, 2.24) is 5.48 Å². The van der Waals surface area contributed by atoms with E-state index in [-0.39, 0.29) is 0 Å². The first-order valence-corrected chi connectivity index (χ1v) is 5.62. The van der Waals surface area contributed by atoms with E-state index in [2.05, 4.69) is 19.3 Å². The minimum Gasteiger partial charge on any atom is -0.382 e. The van der Waals surface area contributed by atoms with Crippen LogP contribution in [0.15, 0.2) is 0 Å². The molecule has 2 unspecified atom stereocenters. The lowest BCUT2D eigenvalue weighted by molar-refractivity contribution is -0.0405. The molecular weight excluding hydrogens is 178 g/mol. The van der Waals surface area contributed by atoms with Crippen molar-refractivity contribution in [2.75, 3.05) is 20.3 Å². The molecule has 14 heavy (non-hydrogen) atoms. The Morgan fingerprint density at radius 2 is 1.79 bits per heavy atom. The van der Waals surface area contributed by atoms with Gasteiger partial charge in [0.2, 0.25) is 0 Å². The van der Waals surface area contributed by atoms with Gasteiger partial charge in [-0.15, -0.1) is 0 Å². The van der Waals surface area contributed by atoms with Crippen molar-refractivity contribution in [2.24, 2.45) is 11.8 Å². The molecule has 0 bridgehead atoms. The summed E-state index contributed by atoms with van der Waals surface area (Å²) in [7, 11) is 1.69. The summed E-state index contributed by atoms with van der Waals surface area (Å²) in [6.07, 6.45) is 3.99. The molecule has 0 aromatic heterocycles. The van der Waals surface area contributed by atoms with E-state index in [4.69, 9.17) is 9.57 Å². The van der Waals surface area contributed by atoms with E-state index in [1.165, 1.54) is 19.3 Å². The Balaban J connectivity index is 2.19. The smallest absolute Gasteiger partial charge is 0.0915 e. The Morgan fingerprint density at radius 1 is 1.14 bits per heavy atom. The molecule has 0 aromatic carbocycles. The number of methoxy groups -OCH3 is 1. The van der Waals surface area contributed by atoms with Crippen molar-refractivity contribution in [3.05, 3.63) is 0 Å². The summed E-state index contributed by atoms with van der Waals surface area (Å²) < 4.78 is 4.92. The third-order valence-electron chi connectivity index (χ3n) is 3.15. The summed E-state index contributed by atoms with van der Waals surface area (Å²) >= 11 is 0. The number of ether oxygens (including phenoxy) is 1. The van der Waals surface area contributed by atoms with Crippen LogP contribution in [0.2, 0.25) is 0 Å². The molecule has 1 aliphatic carbocycles. The van der Waals surface area contributed by atoms with Crippen LogP contribution in [0.5, 0.6) is 0 Å². The monoisotopic (exact) mass is 201 g/mol. The fraction of sp³-hybridized carbons (Fsp3) is 1.00. The topological polar surface area (TPSA) is 30.5 Å². The summed E-state index contributed by atoms with van der Waals surface area (Å²) in [5, 5.41) is 0. The van der Waals surface area contributed by atoms with Crippen LogP contribution in [-0.4, -0.2) is 26.4 Å². The zero-order valence-electron chi connectivity index (χ0n) is 9.58. The molecule has 0 aromatic rings. The first-order valence-electron chi connectivity index (χ1n) is 5.62. The molecule has 0 radical (unpaired) electrons. The Labute approximate surface area is 87.1 Å². The quantitative estimate of drug-likeness (QED) is 0.545. The maximum absolute atomic E-state index is 5.38. The summed E-state index contributed by atoms with van der Waals surface area (Å²) in [6, 6.07) is 0.514. The Hall–Kier alpha value is -0.120. The fourth-order valence-corrected chi connectivity index (χ4v) is 2.19. The predicted molar refractivity (Wildman–Crippen MR) is 56.9 cm³/mol. The highest BCUT2D eigenvalue weighted by atomic mass is 16.7. The summed E-state index contributed by atoms with van der Waals surface area (Å²) in [6.45, 7) is 5.88. The van der Waals surface area contributed by atoms with Crippen LogP contribution in [0.1, 0.15) is 33.1 Å². The van der Waals surface area contributed by atoms with Gasteiger partial charge in [-0.05, 0) is 24.7 Å². The lowest BCUT2D eigenvalue weighted by Gasteiger charge is -2.34. The van der Waals surface area contributed by atoms with Gasteiger partial charge in [0.1, 0.15) is 0 Å². The first-order chi connectivity index (χ1) is 6.75. The van der Waals surface area contributed by atoms with Crippen molar-refractivity contribution in [3.8, 4) is 0 Å². The molecule has 0 aliphatic heterocycles. The van der Waals surface area contributed by atoms with Crippen molar-refractivity contribution >= 4 is 0 Å². The zero-order valence-corrected chi connectivity index (χ0v) is 9.58. The van der Waals surface area contributed by atoms with E-state index in [9.17, 15) is 0 Å². The summed E-state index contributed by atoms with van der Waals surface area (Å²) in [5.41, 5.74) is 3.18. The van der Waals surface area contributed by atoms with Crippen LogP contribution >= 0.6 is 0 Å². The number of hydrogen-bond acceptors (Lipinski definition) is 3. The lowest BCUT2D eigenvalue weighted by atomic mass is 9.79. The largest absolute Gasteiger partial charge is 0.382 e. The van der Waals surface area contributed by atoms with Crippen molar-refractivity contribution in [2.45, 2.75) is 39.2 Å². The van der Waals surface area contributed by atoms with Gasteiger partial charge in [0.05, 0.1) is 13.2 Å². The molecule has 3 heteroatoms. The highest BCUT2D eigenvalue weighted by Crippen LogP contribution is 2.28. The minimum atomic E-state index is 0.514. The number of hydrogen-bond donors (Lipinski definition) is 1. The van der Waals surface area contributed by atoms with Gasteiger partial charge in [-0.2, -0.15) is 5.48 Å². The van der Waals surface area contributed by atoms with Crippen molar-refractivity contribution in [1.29, 1.82) is 0 Å². The molecule has 84 valence electrons. The molecule has 0 spiro atoms. The summed E-state index contributed by atoms with van der Waals surface area (Å²) in [5.74, 6) is 1.45. The van der Waals surface area contributed by atoms with Crippen LogP contribution in [0.25, 0.3) is 0 Å². The van der Waals surface area contributed by atoms with Gasteiger partial charge in [-0.3, -0.25) is 4.84 Å². The van der Waals surface area contributed by atoms with E-state index in [1.807, 2.05) is 0 Å². The van der Waals surface area contributed by atoms with Gasteiger partial charge in [0, 0.05) is 13.2 Å². The highest BCUT2D eigenvalue weighted by molar-refractivity contribution is 4.80. The molecule has 0 amide bonds. The molecule has 1 saturated carbocycles. The molecule has 0 saturated heterocycles. The third kappa shape index (κ3) is 3.56. The molecule has 0 heterocycles. The first kappa shape index (κ1) is 12.0. The highest BCUT2D eigenvalue weighted by Gasteiger charge is 2.27. The molecule has 1 aliphatic rings. The van der Waals surface area contributed by atoms with Crippen LogP contribution in [0.3, 0.4) is 0 Å². The normalized spacial score (nSPS) is 33.2. The number of nitrogens with one attached hydrogen (secondary N) is 1. The van der Waals surface area contributed by atoms with E-state index < -0.39 is 0 Å². The second kappa shape index (κ2) is 6.38. The number of rotatable bonds is 5. The third-order valence-corrected chi connectivity index (χ3v) is 3.15. The van der Waals surface area contributed by atoms with Gasteiger partial charge in [-0.1, -0.05) is 20.3 Å². The van der Waals surface area contributed by atoms with E-state index >= 15 is 0 Å². The van der Waals surface area contributed by atoms with Crippen molar-refractivity contribution < 1.29 is 9.57 Å². The average molecular weight is 201 g/mol. The van der Waals surface area contributed by atoms with Crippen LogP contribution in [-0.2, 0) is 9.57 Å². The van der Waals surface area contributed by atoms with Gasteiger partial charge in [0.15, 0.2) is 0 Å². The second-order valence-electron chi connectivity index (χ2n) is 4.37. The minimum absolute atomic E-state index is 0.514. The van der Waals surface area contributed by atoms with Crippen molar-refractivity contribution in [3.63, 3.8) is 0 Å². The molecule has 1 fully saturated rings. The fourth-order valence-electron chi connectivity index (χ4n) is 2.19. The zero-order chi connectivity index (χ0) is 10.4. The number of hydroxylamine groups is 1. The second-order valence-corrected chi connectivity index (χ2v) is 4.37. The summed E-state index contributed by atoms with van der Waals surface area (Å²) in [4.78, 5) is 5.38. The maximum atomic E-state index is 5.38. The average Bonchev–Trinajstić information content (AvgIpc) is 2.16. The van der Waals surface area contributed by atoms with Crippen LogP contribution in [0, 0.1) is 11.8 Å². The van der Waals surface area contributed by atoms with Gasteiger partial charge in [-0.25, -0.2) is 0 Å². The molecular formula is C11H23NO2. The van der Waals surface area contributed by atoms with Gasteiger partial charge < -0.3 is 4.74 Å². The van der Waals surface area contributed by atoms with Gasteiger partial charge >= 0.3 is 0 Å². The maximum Gasteiger partial charge on any atom is 0.0915 e. The standard InChI is InChI=1S/C11H23NO2/c1-9-5-4-6-10(2)11(9)12-14-8-7-13-3/h9-12H,4-8H2,1-3H3. The predicted octanol–water partition coefficient (Wildman–Crippen LogP) is 1.98. The molecule has 1 rings (SSSR count). The van der Waals surface area contributed by atoms with Gasteiger partial charge in [0.25, 0.3) is 0 Å². The SMILES string of the molecule is COCCONC1C(C)CCCC1C. The molecule has 3 nitrogen and oxygen atoms in total. The Morgan fingerprint density at radius 3 is 2.36 bits per heavy atom. The lowest BCUT2D eigenvalue weighted by Crippen LogP contribution is -2.43. The van der Waals surface area contributed by atoms with Crippen LogP contribution < -0.4 is 5.48 Å². The van der Waals surface area contributed by atoms with Crippen LogP contribution in [0.4, 0.5) is 0 Å². The van der Waals surface area contributed by atoms with E-state index in [0.29, 0.717) is 19.3 Å². The van der Waals surface area contributed by atoms with E-state index in [0.717, 1.165) is 11.8 Å². The Bertz CT molecular complexity index is 142. The molecule has 1 N–H and O–H groups in total.